The third-order valence-corrected chi connectivity index (χ3v) is 6.08. The lowest BCUT2D eigenvalue weighted by molar-refractivity contribution is 0.0593. The molecule has 180 valence electrons. The summed E-state index contributed by atoms with van der Waals surface area (Å²) in [5, 5.41) is 0.501. The molecule has 2 aromatic carbocycles. The summed E-state index contributed by atoms with van der Waals surface area (Å²) < 4.78 is 17.5. The zero-order valence-corrected chi connectivity index (χ0v) is 20.4. The summed E-state index contributed by atoms with van der Waals surface area (Å²) in [5.74, 6) is 0.659. The molecule has 1 atom stereocenters. The second-order valence-corrected chi connectivity index (χ2v) is 9.12. The number of nitrogens with zero attached hydrogens (tertiary/aromatic N) is 1. The van der Waals surface area contributed by atoms with Gasteiger partial charge in [-0.2, -0.15) is 0 Å². The van der Waals surface area contributed by atoms with Gasteiger partial charge in [0.05, 0.1) is 29.7 Å². The average Bonchev–Trinajstić information content (AvgIpc) is 3.09. The fourth-order valence-corrected chi connectivity index (χ4v) is 4.35. The lowest BCUT2D eigenvalue weighted by Gasteiger charge is -2.25. The number of rotatable bonds is 10. The van der Waals surface area contributed by atoms with E-state index in [4.69, 9.17) is 13.9 Å². The van der Waals surface area contributed by atoms with Gasteiger partial charge in [0.1, 0.15) is 11.3 Å². The van der Waals surface area contributed by atoms with Gasteiger partial charge in [-0.1, -0.05) is 37.1 Å². The summed E-state index contributed by atoms with van der Waals surface area (Å²) >= 11 is 0. The van der Waals surface area contributed by atoms with Crippen LogP contribution >= 0.6 is 0 Å². The Hall–Kier alpha value is -3.12. The predicted octanol–water partition coefficient (Wildman–Crippen LogP) is 5.64. The fourth-order valence-electron chi connectivity index (χ4n) is 4.35. The lowest BCUT2D eigenvalue weighted by atomic mass is 9.98. The summed E-state index contributed by atoms with van der Waals surface area (Å²) in [6.07, 6.45) is 2.85. The normalized spacial score (nSPS) is 15.4. The van der Waals surface area contributed by atoms with E-state index in [1.165, 1.54) is 0 Å². The van der Waals surface area contributed by atoms with E-state index in [-0.39, 0.29) is 23.2 Å². The molecule has 1 aliphatic rings. The second kappa shape index (κ2) is 10.4. The summed E-state index contributed by atoms with van der Waals surface area (Å²) in [7, 11) is 0. The van der Waals surface area contributed by atoms with Gasteiger partial charge in [0.15, 0.2) is 5.43 Å². The van der Waals surface area contributed by atoms with Gasteiger partial charge >= 0.3 is 0 Å². The maximum atomic E-state index is 13.6. The number of aryl methyl sites for hydroxylation is 1. The van der Waals surface area contributed by atoms with Crippen molar-refractivity contribution >= 4 is 16.9 Å². The van der Waals surface area contributed by atoms with Crippen LogP contribution in [0.4, 0.5) is 0 Å². The minimum Gasteiger partial charge on any atom is -0.494 e. The molecule has 6 heteroatoms. The Bertz CT molecular complexity index is 1210. The van der Waals surface area contributed by atoms with E-state index in [1.54, 1.807) is 11.0 Å². The van der Waals surface area contributed by atoms with Crippen LogP contribution in [0.3, 0.4) is 0 Å². The van der Waals surface area contributed by atoms with Crippen molar-refractivity contribution < 1.29 is 18.7 Å². The third-order valence-electron chi connectivity index (χ3n) is 6.08. The maximum Gasteiger partial charge on any atom is 0.290 e. The van der Waals surface area contributed by atoms with Crippen molar-refractivity contribution in [2.45, 2.75) is 59.1 Å². The molecule has 1 aliphatic heterocycles. The van der Waals surface area contributed by atoms with Crippen LogP contribution in [-0.2, 0) is 4.74 Å². The molecule has 1 unspecified atom stereocenters. The molecule has 0 spiro atoms. The Labute approximate surface area is 200 Å². The molecule has 6 nitrogen and oxygen atoms in total. The molecular weight excluding hydrogens is 430 g/mol. The molecule has 0 bridgehead atoms. The van der Waals surface area contributed by atoms with Gasteiger partial charge in [0.25, 0.3) is 5.91 Å². The number of amides is 1. The van der Waals surface area contributed by atoms with Crippen LogP contribution in [0.2, 0.25) is 0 Å². The second-order valence-electron chi connectivity index (χ2n) is 9.12. The number of hydrogen-bond donors (Lipinski definition) is 0. The molecule has 0 saturated heterocycles. The molecule has 0 radical (unpaired) electrons. The Morgan fingerprint density at radius 1 is 1.03 bits per heavy atom. The van der Waals surface area contributed by atoms with Gasteiger partial charge in [-0.15, -0.1) is 0 Å². The first kappa shape index (κ1) is 24.0. The molecule has 0 fully saturated rings. The third kappa shape index (κ3) is 4.87. The Morgan fingerprint density at radius 2 is 1.79 bits per heavy atom. The van der Waals surface area contributed by atoms with Gasteiger partial charge < -0.3 is 18.8 Å². The lowest BCUT2D eigenvalue weighted by Crippen LogP contribution is -2.31. The predicted molar refractivity (Wildman–Crippen MR) is 133 cm³/mol. The van der Waals surface area contributed by atoms with Crippen LogP contribution in [-0.4, -0.2) is 36.7 Å². The van der Waals surface area contributed by atoms with Gasteiger partial charge in [-0.3, -0.25) is 9.59 Å². The van der Waals surface area contributed by atoms with Crippen molar-refractivity contribution in [1.29, 1.82) is 0 Å². The first-order chi connectivity index (χ1) is 16.4. The van der Waals surface area contributed by atoms with Crippen LogP contribution < -0.4 is 10.2 Å². The first-order valence-electron chi connectivity index (χ1n) is 12.1. The van der Waals surface area contributed by atoms with E-state index in [2.05, 4.69) is 6.92 Å². The minimum absolute atomic E-state index is 0.124. The summed E-state index contributed by atoms with van der Waals surface area (Å²) in [5.41, 5.74) is 2.53. The van der Waals surface area contributed by atoms with Gasteiger partial charge in [-0.25, -0.2) is 0 Å². The number of benzene rings is 2. The Kier molecular flexibility index (Phi) is 7.37. The number of carbonyl (C=O) groups is 1. The first-order valence-corrected chi connectivity index (χ1v) is 12.1. The highest BCUT2D eigenvalue weighted by Crippen LogP contribution is 2.38. The van der Waals surface area contributed by atoms with Crippen LogP contribution in [0.5, 0.6) is 5.75 Å². The van der Waals surface area contributed by atoms with Crippen molar-refractivity contribution in [3.63, 3.8) is 0 Å². The Balaban J connectivity index is 1.73. The maximum absolute atomic E-state index is 13.6. The highest BCUT2D eigenvalue weighted by molar-refractivity contribution is 5.99. The zero-order chi connectivity index (χ0) is 24.2. The Morgan fingerprint density at radius 3 is 2.50 bits per heavy atom. The molecule has 1 aromatic heterocycles. The number of ether oxygens (including phenoxy) is 2. The highest BCUT2D eigenvalue weighted by Gasteiger charge is 2.42. The van der Waals surface area contributed by atoms with E-state index in [1.807, 2.05) is 57.2 Å². The summed E-state index contributed by atoms with van der Waals surface area (Å²) in [4.78, 5) is 28.8. The average molecular weight is 464 g/mol. The topological polar surface area (TPSA) is 69.0 Å². The smallest absolute Gasteiger partial charge is 0.290 e. The molecule has 0 N–H and O–H groups in total. The van der Waals surface area contributed by atoms with Crippen molar-refractivity contribution in [2.24, 2.45) is 0 Å². The van der Waals surface area contributed by atoms with E-state index < -0.39 is 6.04 Å². The summed E-state index contributed by atoms with van der Waals surface area (Å²) in [6.45, 7) is 9.70. The molecule has 34 heavy (non-hydrogen) atoms. The molecule has 2 heterocycles. The van der Waals surface area contributed by atoms with Gasteiger partial charge in [0.2, 0.25) is 5.76 Å². The molecule has 3 aromatic rings. The number of fused-ring (bicyclic) bond motifs is 2. The monoisotopic (exact) mass is 463 g/mol. The number of carbonyl (C=O) groups excluding carboxylic acids is 1. The van der Waals surface area contributed by atoms with E-state index in [0.717, 1.165) is 29.7 Å². The van der Waals surface area contributed by atoms with Crippen molar-refractivity contribution in [3.8, 4) is 5.75 Å². The molecular formula is C28H33NO5. The van der Waals surface area contributed by atoms with Crippen molar-refractivity contribution in [2.75, 3.05) is 19.8 Å². The van der Waals surface area contributed by atoms with Crippen LogP contribution in [0.1, 0.15) is 73.3 Å². The van der Waals surface area contributed by atoms with Gasteiger partial charge in [-0.05, 0) is 63.4 Å². The highest BCUT2D eigenvalue weighted by atomic mass is 16.5. The molecule has 4 rings (SSSR count). The van der Waals surface area contributed by atoms with Crippen molar-refractivity contribution in [3.05, 3.63) is 75.1 Å². The fraction of sp³-hybridized carbons (Fsp3) is 0.429. The number of hydrogen-bond acceptors (Lipinski definition) is 5. The van der Waals surface area contributed by atoms with Crippen molar-refractivity contribution in [1.82, 2.24) is 4.90 Å². The molecule has 0 aliphatic carbocycles. The quantitative estimate of drug-likeness (QED) is 0.364. The minimum atomic E-state index is -0.507. The zero-order valence-electron chi connectivity index (χ0n) is 20.4. The summed E-state index contributed by atoms with van der Waals surface area (Å²) in [6, 6.07) is 12.6. The van der Waals surface area contributed by atoms with E-state index >= 15 is 0 Å². The largest absolute Gasteiger partial charge is 0.494 e. The van der Waals surface area contributed by atoms with Crippen LogP contribution in [0.15, 0.2) is 51.7 Å². The molecule has 1 amide bonds. The van der Waals surface area contributed by atoms with Crippen LogP contribution in [0, 0.1) is 6.92 Å². The van der Waals surface area contributed by atoms with E-state index in [9.17, 15) is 9.59 Å². The van der Waals surface area contributed by atoms with E-state index in [0.29, 0.717) is 42.7 Å². The molecule has 0 saturated carbocycles. The SMILES string of the molecule is CCCCOc1ccc(C2c3c(oc4ccc(C)cc4c3=O)C(=O)N2CCCOC(C)C)cc1. The number of unbranched alkanes of at least 4 members (excludes halogenated alkanes) is 1. The standard InChI is InChI=1S/C28H33NO5/c1-5-6-15-33-21-11-9-20(10-12-21)25-24-26(30)22-17-19(4)8-13-23(22)34-27(24)28(31)29(25)14-7-16-32-18(2)3/h8-13,17-18,25H,5-7,14-16H2,1-4H3. The van der Waals surface area contributed by atoms with Gasteiger partial charge in [0, 0.05) is 13.2 Å². The van der Waals surface area contributed by atoms with Crippen LogP contribution in [0.25, 0.3) is 11.0 Å².